The minimum absolute atomic E-state index is 0.0485. The first-order chi connectivity index (χ1) is 10.5. The van der Waals surface area contributed by atoms with Crippen LogP contribution in [0.2, 0.25) is 0 Å². The second kappa shape index (κ2) is 6.42. The van der Waals surface area contributed by atoms with E-state index in [1.807, 2.05) is 9.80 Å². The van der Waals surface area contributed by atoms with Gasteiger partial charge in [0.15, 0.2) is 0 Å². The zero-order valence-electron chi connectivity index (χ0n) is 15.4. The van der Waals surface area contributed by atoms with Crippen LogP contribution >= 0.6 is 0 Å². The largest absolute Gasteiger partial charge is 0.340 e. The summed E-state index contributed by atoms with van der Waals surface area (Å²) in [6, 6.07) is -0.135. The molecule has 2 aliphatic rings. The van der Waals surface area contributed by atoms with Crippen LogP contribution in [0.3, 0.4) is 0 Å². The molecule has 2 unspecified atom stereocenters. The molecule has 23 heavy (non-hydrogen) atoms. The van der Waals surface area contributed by atoms with Gasteiger partial charge in [-0.2, -0.15) is 0 Å². The first-order valence-corrected chi connectivity index (χ1v) is 8.85. The lowest BCUT2D eigenvalue weighted by Crippen LogP contribution is -2.57. The average molecular weight is 323 g/mol. The summed E-state index contributed by atoms with van der Waals surface area (Å²) in [6.07, 6.45) is 3.04. The van der Waals surface area contributed by atoms with Crippen LogP contribution in [0.5, 0.6) is 0 Å². The topological polar surface area (TPSA) is 66.6 Å². The highest BCUT2D eigenvalue weighted by atomic mass is 16.2. The van der Waals surface area contributed by atoms with Gasteiger partial charge < -0.3 is 15.5 Å². The molecule has 0 aliphatic carbocycles. The molecule has 0 saturated carbocycles. The van der Waals surface area contributed by atoms with Crippen molar-refractivity contribution in [1.29, 1.82) is 0 Å². The molecule has 2 aliphatic heterocycles. The second-order valence-electron chi connectivity index (χ2n) is 9.13. The number of nitrogens with zero attached hydrogens (tertiary/aromatic N) is 2. The van der Waals surface area contributed by atoms with Gasteiger partial charge >= 0.3 is 0 Å². The fraction of sp³-hybridized carbons (Fsp3) is 0.889. The van der Waals surface area contributed by atoms with Gasteiger partial charge in [0.25, 0.3) is 0 Å². The van der Waals surface area contributed by atoms with E-state index in [4.69, 9.17) is 5.73 Å². The Morgan fingerprint density at radius 3 is 2.39 bits per heavy atom. The lowest BCUT2D eigenvalue weighted by Gasteiger charge is -2.44. The Morgan fingerprint density at radius 1 is 1.17 bits per heavy atom. The third-order valence-electron chi connectivity index (χ3n) is 5.16. The van der Waals surface area contributed by atoms with Crippen molar-refractivity contribution in [2.75, 3.05) is 19.6 Å². The van der Waals surface area contributed by atoms with Crippen molar-refractivity contribution in [2.24, 2.45) is 16.6 Å². The molecule has 2 saturated heterocycles. The Kier molecular flexibility index (Phi) is 5.09. The minimum Gasteiger partial charge on any atom is -0.340 e. The normalized spacial score (nSPS) is 28.1. The molecule has 132 valence electrons. The predicted octanol–water partition coefficient (Wildman–Crippen LogP) is 2.00. The summed E-state index contributed by atoms with van der Waals surface area (Å²) in [5.41, 5.74) is 6.06. The lowest BCUT2D eigenvalue weighted by atomic mass is 9.79. The van der Waals surface area contributed by atoms with Gasteiger partial charge in [-0.25, -0.2) is 0 Å². The summed E-state index contributed by atoms with van der Waals surface area (Å²) >= 11 is 0. The van der Waals surface area contributed by atoms with E-state index >= 15 is 0 Å². The van der Waals surface area contributed by atoms with E-state index in [2.05, 4.69) is 34.6 Å². The van der Waals surface area contributed by atoms with Crippen LogP contribution in [0.25, 0.3) is 0 Å². The summed E-state index contributed by atoms with van der Waals surface area (Å²) in [5.74, 6) is 0.228. The fourth-order valence-electron chi connectivity index (χ4n) is 3.65. The van der Waals surface area contributed by atoms with Gasteiger partial charge in [-0.05, 0) is 30.1 Å². The molecule has 2 fully saturated rings. The molecule has 0 aromatic rings. The minimum atomic E-state index is -0.269. The molecule has 0 aromatic heterocycles. The Hall–Kier alpha value is -1.10. The Balaban J connectivity index is 2.05. The number of nitrogens with two attached hydrogens (primary N) is 1. The third kappa shape index (κ3) is 4.25. The molecule has 0 radical (unpaired) electrons. The fourth-order valence-corrected chi connectivity index (χ4v) is 3.65. The molecule has 0 aromatic carbocycles. The van der Waals surface area contributed by atoms with Crippen LogP contribution in [-0.2, 0) is 9.59 Å². The van der Waals surface area contributed by atoms with E-state index < -0.39 is 0 Å². The van der Waals surface area contributed by atoms with Gasteiger partial charge in [-0.1, -0.05) is 34.6 Å². The number of hydrogen-bond acceptors (Lipinski definition) is 3. The van der Waals surface area contributed by atoms with E-state index in [0.29, 0.717) is 26.1 Å². The Labute approximate surface area is 140 Å². The molecule has 0 bridgehead atoms. The molecule has 0 spiro atoms. The van der Waals surface area contributed by atoms with Crippen LogP contribution < -0.4 is 5.73 Å². The van der Waals surface area contributed by atoms with Crippen LogP contribution in [-0.4, -0.2) is 53.3 Å². The van der Waals surface area contributed by atoms with Gasteiger partial charge in [0.05, 0.1) is 0 Å². The molecular formula is C18H33N3O2. The first kappa shape index (κ1) is 18.2. The third-order valence-corrected chi connectivity index (χ3v) is 5.16. The van der Waals surface area contributed by atoms with E-state index in [1.165, 1.54) is 0 Å². The highest BCUT2D eigenvalue weighted by Crippen LogP contribution is 2.30. The highest BCUT2D eigenvalue weighted by Gasteiger charge is 2.41. The molecule has 2 heterocycles. The van der Waals surface area contributed by atoms with E-state index in [1.54, 1.807) is 0 Å². The maximum atomic E-state index is 13.0. The highest BCUT2D eigenvalue weighted by molar-refractivity contribution is 5.88. The zero-order valence-corrected chi connectivity index (χ0v) is 15.4. The van der Waals surface area contributed by atoms with Crippen molar-refractivity contribution in [1.82, 2.24) is 9.80 Å². The van der Waals surface area contributed by atoms with E-state index in [-0.39, 0.29) is 34.7 Å². The second-order valence-corrected chi connectivity index (χ2v) is 9.13. The smallest absolute Gasteiger partial charge is 0.245 e. The maximum absolute atomic E-state index is 13.0. The van der Waals surface area contributed by atoms with Crippen LogP contribution in [0.15, 0.2) is 0 Å². The number of carbonyl (C=O) groups is 2. The monoisotopic (exact) mass is 323 g/mol. The van der Waals surface area contributed by atoms with Crippen molar-refractivity contribution in [3.05, 3.63) is 0 Å². The number of piperidine rings is 1. The number of rotatable bonds is 2. The summed E-state index contributed by atoms with van der Waals surface area (Å²) in [6.45, 7) is 12.5. The number of carbonyl (C=O) groups excluding carboxylic acids is 2. The standard InChI is InChI=1S/C18H33N3O2/c1-17(2,3)11-15(22)21-9-6-7-13(21)16(23)20-10-8-14(19)18(4,5)12-20/h13-14H,6-12,19H2,1-5H3. The van der Waals surface area contributed by atoms with Crippen molar-refractivity contribution in [3.8, 4) is 0 Å². The summed E-state index contributed by atoms with van der Waals surface area (Å²) < 4.78 is 0. The van der Waals surface area contributed by atoms with Crippen molar-refractivity contribution < 1.29 is 9.59 Å². The van der Waals surface area contributed by atoms with Gasteiger partial charge in [0.1, 0.15) is 6.04 Å². The molecule has 2 rings (SSSR count). The molecule has 2 atom stereocenters. The van der Waals surface area contributed by atoms with Crippen molar-refractivity contribution in [2.45, 2.75) is 72.4 Å². The van der Waals surface area contributed by atoms with E-state index in [9.17, 15) is 9.59 Å². The van der Waals surface area contributed by atoms with Crippen molar-refractivity contribution >= 4 is 11.8 Å². The van der Waals surface area contributed by atoms with Gasteiger partial charge in [-0.15, -0.1) is 0 Å². The number of hydrogen-bond donors (Lipinski definition) is 1. The van der Waals surface area contributed by atoms with Crippen molar-refractivity contribution in [3.63, 3.8) is 0 Å². The quantitative estimate of drug-likeness (QED) is 0.845. The maximum Gasteiger partial charge on any atom is 0.245 e. The predicted molar refractivity (Wildman–Crippen MR) is 91.8 cm³/mol. The summed E-state index contributed by atoms with van der Waals surface area (Å²) in [4.78, 5) is 29.3. The van der Waals surface area contributed by atoms with Gasteiger partial charge in [0.2, 0.25) is 11.8 Å². The number of likely N-dealkylation sites (tertiary alicyclic amines) is 2. The average Bonchev–Trinajstić information content (AvgIpc) is 2.88. The molecular weight excluding hydrogens is 290 g/mol. The van der Waals surface area contributed by atoms with E-state index in [0.717, 1.165) is 19.3 Å². The van der Waals surface area contributed by atoms with Crippen LogP contribution in [0, 0.1) is 10.8 Å². The molecule has 5 heteroatoms. The van der Waals surface area contributed by atoms with Crippen LogP contribution in [0.1, 0.15) is 60.3 Å². The number of amides is 2. The summed E-state index contributed by atoms with van der Waals surface area (Å²) in [5, 5.41) is 0. The van der Waals surface area contributed by atoms with Gasteiger partial charge in [0, 0.05) is 32.1 Å². The zero-order chi connectivity index (χ0) is 17.4. The lowest BCUT2D eigenvalue weighted by molar-refractivity contribution is -0.146. The SMILES string of the molecule is CC(C)(C)CC(=O)N1CCCC1C(=O)N1CCC(N)C(C)(C)C1. The Morgan fingerprint density at radius 2 is 1.83 bits per heavy atom. The molecule has 2 N–H and O–H groups in total. The Bertz CT molecular complexity index is 467. The molecule has 2 amide bonds. The van der Waals surface area contributed by atoms with Gasteiger partial charge in [-0.3, -0.25) is 9.59 Å². The van der Waals surface area contributed by atoms with Crippen LogP contribution in [0.4, 0.5) is 0 Å². The first-order valence-electron chi connectivity index (χ1n) is 8.85. The molecule has 5 nitrogen and oxygen atoms in total. The summed E-state index contributed by atoms with van der Waals surface area (Å²) in [7, 11) is 0.